The number of hydrogen-bond acceptors (Lipinski definition) is 6. The molecule has 3 aromatic rings. The number of amides is 2. The molecule has 0 radical (unpaired) electrons. The number of nitrogens with zero attached hydrogens (tertiary/aromatic N) is 4. The lowest BCUT2D eigenvalue weighted by molar-refractivity contribution is -0.128. The largest absolute Gasteiger partial charge is 0.483 e. The van der Waals surface area contributed by atoms with Crippen molar-refractivity contribution >= 4 is 28.9 Å². The van der Waals surface area contributed by atoms with Gasteiger partial charge in [0.15, 0.2) is 11.6 Å². The number of aromatic nitrogens is 3. The summed E-state index contributed by atoms with van der Waals surface area (Å²) in [7, 11) is 0. The van der Waals surface area contributed by atoms with Crippen LogP contribution < -0.4 is 15.2 Å². The van der Waals surface area contributed by atoms with Gasteiger partial charge in [-0.25, -0.2) is 27.9 Å². The number of likely N-dealkylation sites (tertiary alicyclic amines) is 1. The number of fused-ring (bicyclic) bond motifs is 1. The van der Waals surface area contributed by atoms with Crippen molar-refractivity contribution < 1.29 is 32.6 Å². The van der Waals surface area contributed by atoms with Gasteiger partial charge in [0.25, 0.3) is 12.0 Å². The molecule has 2 atom stereocenters. The van der Waals surface area contributed by atoms with Crippen molar-refractivity contribution in [3.05, 3.63) is 57.4 Å². The topological polar surface area (TPSA) is 129 Å². The number of aromatic amines is 1. The maximum absolute atomic E-state index is 14.9. The molecule has 1 aromatic carbocycles. The Hall–Kier alpha value is -4.16. The summed E-state index contributed by atoms with van der Waals surface area (Å²) < 4.78 is 47.3. The Morgan fingerprint density at radius 1 is 1.27 bits per heavy atom. The average Bonchev–Trinajstić information content (AvgIpc) is 3.28. The molecule has 1 saturated heterocycles. The number of hydrogen-bond donors (Lipinski definition) is 2. The van der Waals surface area contributed by atoms with Crippen molar-refractivity contribution in [3.63, 3.8) is 0 Å². The number of anilines is 1. The molecule has 0 spiro atoms. The summed E-state index contributed by atoms with van der Waals surface area (Å²) in [5.74, 6) is -1.57. The number of carbonyl (C=O) groups is 2. The number of carboxylic acid groups (broad SMARTS) is 1. The van der Waals surface area contributed by atoms with Crippen LogP contribution in [0.1, 0.15) is 49.7 Å². The van der Waals surface area contributed by atoms with Crippen molar-refractivity contribution in [2.75, 3.05) is 18.0 Å². The number of halogens is 3. The molecule has 1 aliphatic rings. The second-order valence-corrected chi connectivity index (χ2v) is 8.69. The first-order valence-corrected chi connectivity index (χ1v) is 11.4. The third kappa shape index (κ3) is 5.06. The molecular formula is C24H24F3N5O5. The van der Waals surface area contributed by atoms with Crippen LogP contribution in [0.5, 0.6) is 5.75 Å². The number of pyridine rings is 1. The van der Waals surface area contributed by atoms with Gasteiger partial charge in [-0.1, -0.05) is 18.2 Å². The Balaban J connectivity index is 1.80. The fraction of sp³-hybridized carbons (Fsp3) is 0.375. The fourth-order valence-electron chi connectivity index (χ4n) is 4.36. The Morgan fingerprint density at radius 3 is 2.59 bits per heavy atom. The number of carbonyl (C=O) groups excluding carboxylic acids is 1. The summed E-state index contributed by atoms with van der Waals surface area (Å²) in [6.45, 7) is 4.99. The van der Waals surface area contributed by atoms with Gasteiger partial charge < -0.3 is 19.7 Å². The van der Waals surface area contributed by atoms with Crippen LogP contribution in [-0.2, 0) is 4.79 Å². The maximum Gasteiger partial charge on any atom is 0.413 e. The molecule has 0 aliphatic carbocycles. The summed E-state index contributed by atoms with van der Waals surface area (Å²) in [4.78, 5) is 49.9. The molecule has 1 unspecified atom stereocenters. The smallest absolute Gasteiger partial charge is 0.413 e. The second-order valence-electron chi connectivity index (χ2n) is 8.69. The van der Waals surface area contributed by atoms with E-state index in [-0.39, 0.29) is 46.4 Å². The van der Waals surface area contributed by atoms with Crippen LogP contribution in [0.2, 0.25) is 0 Å². The van der Waals surface area contributed by atoms with E-state index in [0.717, 1.165) is 11.0 Å². The molecule has 0 bridgehead atoms. The number of alkyl halides is 2. The van der Waals surface area contributed by atoms with E-state index < -0.39 is 41.6 Å². The number of ether oxygens (including phenoxy) is 1. The standard InChI is InChI=1S/C24H24F3N5O5/c1-11(15-5-4-6-16(19(15)25)20(26)27)32(24(35)36)22-17-9-18(23(34)30-21(17)28-12(2)29-22)37-14-7-8-31(10-14)13(3)33/h4-6,9,11,14,20H,7-8,10H2,1-3H3,(H,35,36)(H,28,29,30,34)/t11?,14-/m0/s1. The SMILES string of the molecule is CC(=O)N1CC[C@H](Oc2cc3c(N(C(=O)O)C(C)c4cccc(C(F)F)c4F)nc(C)nc3[nH]c2=O)C1. The number of aryl methyl sites for hydroxylation is 1. The lowest BCUT2D eigenvalue weighted by atomic mass is 10.0. The van der Waals surface area contributed by atoms with E-state index in [9.17, 15) is 32.7 Å². The van der Waals surface area contributed by atoms with Gasteiger partial charge in [-0.2, -0.15) is 0 Å². The molecule has 1 fully saturated rings. The van der Waals surface area contributed by atoms with E-state index in [2.05, 4.69) is 15.0 Å². The summed E-state index contributed by atoms with van der Waals surface area (Å²) in [6, 6.07) is 3.37. The van der Waals surface area contributed by atoms with Crippen molar-refractivity contribution in [1.29, 1.82) is 0 Å². The molecule has 13 heteroatoms. The maximum atomic E-state index is 14.9. The van der Waals surface area contributed by atoms with Gasteiger partial charge >= 0.3 is 6.09 Å². The lowest BCUT2D eigenvalue weighted by Crippen LogP contribution is -2.34. The molecule has 0 saturated carbocycles. The highest BCUT2D eigenvalue weighted by atomic mass is 19.3. The highest BCUT2D eigenvalue weighted by Crippen LogP contribution is 2.35. The zero-order chi connectivity index (χ0) is 27.0. The molecule has 2 amide bonds. The second kappa shape index (κ2) is 10.1. The van der Waals surface area contributed by atoms with Gasteiger partial charge in [-0.3, -0.25) is 14.5 Å². The molecule has 3 heterocycles. The van der Waals surface area contributed by atoms with Crippen LogP contribution >= 0.6 is 0 Å². The zero-order valence-electron chi connectivity index (χ0n) is 20.2. The van der Waals surface area contributed by atoms with E-state index in [1.165, 1.54) is 39.0 Å². The van der Waals surface area contributed by atoms with Crippen molar-refractivity contribution in [1.82, 2.24) is 19.9 Å². The minimum absolute atomic E-state index is 0.0110. The van der Waals surface area contributed by atoms with E-state index in [1.54, 1.807) is 4.90 Å². The van der Waals surface area contributed by atoms with Crippen LogP contribution in [0.15, 0.2) is 29.1 Å². The van der Waals surface area contributed by atoms with Gasteiger partial charge in [-0.15, -0.1) is 0 Å². The Morgan fingerprint density at radius 2 is 1.97 bits per heavy atom. The Kier molecular flexibility index (Phi) is 7.05. The third-order valence-electron chi connectivity index (χ3n) is 6.22. The van der Waals surface area contributed by atoms with Crippen LogP contribution in [-0.4, -0.2) is 56.2 Å². The van der Waals surface area contributed by atoms with Gasteiger partial charge in [0, 0.05) is 31.5 Å². The molecule has 1 aliphatic heterocycles. The van der Waals surface area contributed by atoms with Crippen LogP contribution in [0.25, 0.3) is 11.0 Å². The van der Waals surface area contributed by atoms with Crippen molar-refractivity contribution in [3.8, 4) is 5.75 Å². The Bertz CT molecular complexity index is 1430. The molecule has 2 aromatic heterocycles. The molecule has 10 nitrogen and oxygen atoms in total. The van der Waals surface area contributed by atoms with Crippen LogP contribution in [0, 0.1) is 12.7 Å². The van der Waals surface area contributed by atoms with Crippen molar-refractivity contribution in [2.45, 2.75) is 45.8 Å². The van der Waals surface area contributed by atoms with Crippen LogP contribution in [0.3, 0.4) is 0 Å². The summed E-state index contributed by atoms with van der Waals surface area (Å²) in [6.07, 6.45) is -4.59. The first-order valence-electron chi connectivity index (χ1n) is 11.4. The quantitative estimate of drug-likeness (QED) is 0.505. The average molecular weight is 519 g/mol. The highest BCUT2D eigenvalue weighted by molar-refractivity contribution is 5.97. The van der Waals surface area contributed by atoms with Crippen molar-refractivity contribution in [2.24, 2.45) is 0 Å². The molecule has 37 heavy (non-hydrogen) atoms. The first-order chi connectivity index (χ1) is 17.5. The Labute approximate surface area is 208 Å². The zero-order valence-corrected chi connectivity index (χ0v) is 20.2. The summed E-state index contributed by atoms with van der Waals surface area (Å²) >= 11 is 0. The minimum Gasteiger partial charge on any atom is -0.483 e. The van der Waals surface area contributed by atoms with E-state index in [0.29, 0.717) is 13.0 Å². The molecule has 4 rings (SSSR count). The monoisotopic (exact) mass is 519 g/mol. The van der Waals surface area contributed by atoms with E-state index in [4.69, 9.17) is 4.74 Å². The predicted octanol–water partition coefficient (Wildman–Crippen LogP) is 3.95. The molecule has 2 N–H and O–H groups in total. The minimum atomic E-state index is -3.09. The summed E-state index contributed by atoms with van der Waals surface area (Å²) in [5.41, 5.74) is -1.74. The molecular weight excluding hydrogens is 495 g/mol. The lowest BCUT2D eigenvalue weighted by Gasteiger charge is -2.27. The fourth-order valence-corrected chi connectivity index (χ4v) is 4.36. The number of H-pyrrole nitrogens is 1. The normalized spacial score (nSPS) is 16.3. The number of nitrogens with one attached hydrogen (secondary N) is 1. The van der Waals surface area contributed by atoms with Gasteiger partial charge in [0.05, 0.1) is 23.5 Å². The number of rotatable bonds is 6. The van der Waals surface area contributed by atoms with E-state index in [1.807, 2.05) is 0 Å². The molecule has 196 valence electrons. The van der Waals surface area contributed by atoms with Gasteiger partial charge in [-0.05, 0) is 13.8 Å². The predicted molar refractivity (Wildman–Crippen MR) is 126 cm³/mol. The third-order valence-corrected chi connectivity index (χ3v) is 6.22. The van der Waals surface area contributed by atoms with Gasteiger partial charge in [0.1, 0.15) is 23.4 Å². The van der Waals surface area contributed by atoms with Gasteiger partial charge in [0.2, 0.25) is 5.91 Å². The number of benzene rings is 1. The summed E-state index contributed by atoms with van der Waals surface area (Å²) in [5, 5.41) is 10.2. The van der Waals surface area contributed by atoms with E-state index >= 15 is 0 Å². The first kappa shape index (κ1) is 25.9. The van der Waals surface area contributed by atoms with Crippen LogP contribution in [0.4, 0.5) is 23.8 Å². The highest BCUT2D eigenvalue weighted by Gasteiger charge is 2.31.